The summed E-state index contributed by atoms with van der Waals surface area (Å²) in [5.41, 5.74) is 1.10. The summed E-state index contributed by atoms with van der Waals surface area (Å²) >= 11 is 0. The van der Waals surface area contributed by atoms with E-state index < -0.39 is 0 Å². The van der Waals surface area contributed by atoms with Gasteiger partial charge in [-0.2, -0.15) is 5.10 Å². The molecule has 17 heavy (non-hydrogen) atoms. The molecule has 1 aromatic rings. The second-order valence-electron chi connectivity index (χ2n) is 4.33. The van der Waals surface area contributed by atoms with Crippen LogP contribution in [0.1, 0.15) is 6.92 Å². The Hall–Kier alpha value is -1.83. The Balaban J connectivity index is 2.01. The Labute approximate surface area is 103 Å². The molecule has 0 saturated heterocycles. The van der Waals surface area contributed by atoms with Gasteiger partial charge in [0.25, 0.3) is 0 Å². The van der Waals surface area contributed by atoms with Gasteiger partial charge >= 0.3 is 0 Å². The summed E-state index contributed by atoms with van der Waals surface area (Å²) in [5.74, 6) is 0.916. The first-order valence-electron chi connectivity index (χ1n) is 5.95. The number of benzene rings is 1. The molecule has 2 heteroatoms. The third kappa shape index (κ3) is 3.06. The molecule has 0 N–H and O–H groups in total. The highest BCUT2D eigenvalue weighted by Crippen LogP contribution is 2.18. The van der Waals surface area contributed by atoms with Crippen LogP contribution < -0.4 is 5.01 Å². The van der Waals surface area contributed by atoms with Crippen molar-refractivity contribution in [3.8, 4) is 0 Å². The summed E-state index contributed by atoms with van der Waals surface area (Å²) in [5, 5.41) is 6.39. The van der Waals surface area contributed by atoms with Crippen LogP contribution >= 0.6 is 0 Å². The van der Waals surface area contributed by atoms with Crippen molar-refractivity contribution in [1.82, 2.24) is 0 Å². The molecule has 1 aliphatic carbocycles. The van der Waals surface area contributed by atoms with Gasteiger partial charge in [-0.1, -0.05) is 49.4 Å². The molecule has 0 radical (unpaired) electrons. The number of hydrogen-bond acceptors (Lipinski definition) is 2. The van der Waals surface area contributed by atoms with Crippen molar-refractivity contribution in [2.75, 3.05) is 12.1 Å². The minimum Gasteiger partial charge on any atom is -0.269 e. The molecule has 2 atom stereocenters. The van der Waals surface area contributed by atoms with E-state index in [1.165, 1.54) is 0 Å². The van der Waals surface area contributed by atoms with Gasteiger partial charge in [-0.3, -0.25) is 5.01 Å². The Morgan fingerprint density at radius 2 is 1.82 bits per heavy atom. The maximum absolute atomic E-state index is 4.49. The van der Waals surface area contributed by atoms with Gasteiger partial charge in [-0.15, -0.1) is 0 Å². The number of para-hydroxylation sites is 1. The molecule has 1 aromatic carbocycles. The first-order valence-corrected chi connectivity index (χ1v) is 5.95. The molecule has 88 valence electrons. The number of nitrogens with zero attached hydrogens (tertiary/aromatic N) is 2. The predicted octanol–water partition coefficient (Wildman–Crippen LogP) is 3.49. The summed E-state index contributed by atoms with van der Waals surface area (Å²) in [6, 6.07) is 10.2. The molecule has 2 unspecified atom stereocenters. The van der Waals surface area contributed by atoms with Crippen LogP contribution in [0.5, 0.6) is 0 Å². The van der Waals surface area contributed by atoms with Crippen molar-refractivity contribution in [2.24, 2.45) is 16.9 Å². The Morgan fingerprint density at radius 3 is 2.53 bits per heavy atom. The van der Waals surface area contributed by atoms with Gasteiger partial charge in [0, 0.05) is 19.2 Å². The van der Waals surface area contributed by atoms with Crippen molar-refractivity contribution in [2.45, 2.75) is 6.92 Å². The SMILES string of the molecule is CC1C=CC=CC1/C=N/N(C)c1ccccc1. The Morgan fingerprint density at radius 1 is 1.12 bits per heavy atom. The van der Waals surface area contributed by atoms with Crippen molar-refractivity contribution in [3.05, 3.63) is 54.6 Å². The normalized spacial score (nSPS) is 23.2. The fraction of sp³-hybridized carbons (Fsp3) is 0.267. The standard InChI is InChI=1S/C15H18N2/c1-13-8-6-7-9-14(13)12-16-17(2)15-10-4-3-5-11-15/h3-14H,1-2H3/b16-12+. The Bertz CT molecular complexity index is 431. The maximum atomic E-state index is 4.49. The van der Waals surface area contributed by atoms with Crippen molar-refractivity contribution in [1.29, 1.82) is 0 Å². The van der Waals surface area contributed by atoms with Gasteiger partial charge in [-0.05, 0) is 18.1 Å². The average Bonchev–Trinajstić information content (AvgIpc) is 2.38. The predicted molar refractivity (Wildman–Crippen MR) is 74.3 cm³/mol. The minimum absolute atomic E-state index is 0.395. The molecule has 1 aliphatic rings. The number of hydrogen-bond donors (Lipinski definition) is 0. The van der Waals surface area contributed by atoms with E-state index in [1.807, 2.05) is 36.5 Å². The molecule has 0 spiro atoms. The number of rotatable bonds is 3. The van der Waals surface area contributed by atoms with Crippen LogP contribution in [0.3, 0.4) is 0 Å². The fourth-order valence-electron chi connectivity index (χ4n) is 1.81. The molecule has 0 fully saturated rings. The van der Waals surface area contributed by atoms with E-state index in [9.17, 15) is 0 Å². The summed E-state index contributed by atoms with van der Waals surface area (Å²) in [7, 11) is 1.97. The van der Waals surface area contributed by atoms with Crippen LogP contribution in [0.25, 0.3) is 0 Å². The second-order valence-corrected chi connectivity index (χ2v) is 4.33. The van der Waals surface area contributed by atoms with Gasteiger partial charge in [0.2, 0.25) is 0 Å². The number of anilines is 1. The van der Waals surface area contributed by atoms with Gasteiger partial charge in [0.15, 0.2) is 0 Å². The van der Waals surface area contributed by atoms with Crippen LogP contribution in [-0.4, -0.2) is 13.3 Å². The van der Waals surface area contributed by atoms with Crippen LogP contribution in [0.15, 0.2) is 59.7 Å². The van der Waals surface area contributed by atoms with Gasteiger partial charge in [0.1, 0.15) is 0 Å². The van der Waals surface area contributed by atoms with Crippen LogP contribution in [0, 0.1) is 11.8 Å². The van der Waals surface area contributed by atoms with E-state index in [1.54, 1.807) is 0 Å². The Kier molecular flexibility index (Phi) is 3.76. The van der Waals surface area contributed by atoms with Crippen LogP contribution in [0.2, 0.25) is 0 Å². The molecule has 0 bridgehead atoms. The van der Waals surface area contributed by atoms with Gasteiger partial charge in [-0.25, -0.2) is 0 Å². The monoisotopic (exact) mass is 226 g/mol. The highest BCUT2D eigenvalue weighted by molar-refractivity contribution is 5.66. The van der Waals surface area contributed by atoms with E-state index in [0.29, 0.717) is 11.8 Å². The van der Waals surface area contributed by atoms with Crippen LogP contribution in [0.4, 0.5) is 5.69 Å². The van der Waals surface area contributed by atoms with Crippen molar-refractivity contribution >= 4 is 11.9 Å². The molecular formula is C15H18N2. The zero-order valence-electron chi connectivity index (χ0n) is 10.3. The lowest BCUT2D eigenvalue weighted by Crippen LogP contribution is -2.15. The summed E-state index contributed by atoms with van der Waals surface area (Å²) in [4.78, 5) is 0. The topological polar surface area (TPSA) is 15.6 Å². The van der Waals surface area contributed by atoms with E-state index >= 15 is 0 Å². The highest BCUT2D eigenvalue weighted by atomic mass is 15.4. The lowest BCUT2D eigenvalue weighted by Gasteiger charge is -2.18. The lowest BCUT2D eigenvalue weighted by atomic mass is 9.91. The number of allylic oxidation sites excluding steroid dienone is 4. The summed E-state index contributed by atoms with van der Waals surface area (Å²) in [6.45, 7) is 2.21. The summed E-state index contributed by atoms with van der Waals surface area (Å²) in [6.07, 6.45) is 10.6. The quantitative estimate of drug-likeness (QED) is 0.569. The zero-order valence-corrected chi connectivity index (χ0v) is 10.3. The van der Waals surface area contributed by atoms with E-state index in [-0.39, 0.29) is 0 Å². The van der Waals surface area contributed by atoms with Crippen molar-refractivity contribution < 1.29 is 0 Å². The molecular weight excluding hydrogens is 208 g/mol. The third-order valence-electron chi connectivity index (χ3n) is 3.01. The first kappa shape index (κ1) is 11.6. The minimum atomic E-state index is 0.395. The van der Waals surface area contributed by atoms with E-state index in [4.69, 9.17) is 0 Å². The molecule has 2 rings (SSSR count). The molecule has 2 nitrogen and oxygen atoms in total. The molecule has 0 aromatic heterocycles. The number of hydrazone groups is 1. The highest BCUT2D eigenvalue weighted by Gasteiger charge is 2.11. The van der Waals surface area contributed by atoms with Gasteiger partial charge in [0.05, 0.1) is 5.69 Å². The molecule has 0 aliphatic heterocycles. The lowest BCUT2D eigenvalue weighted by molar-refractivity contribution is 0.643. The molecule has 0 heterocycles. The summed E-state index contributed by atoms with van der Waals surface area (Å²) < 4.78 is 0. The largest absolute Gasteiger partial charge is 0.269 e. The zero-order chi connectivity index (χ0) is 12.1. The third-order valence-corrected chi connectivity index (χ3v) is 3.01. The first-order chi connectivity index (χ1) is 8.27. The molecule has 0 amide bonds. The van der Waals surface area contributed by atoms with E-state index in [0.717, 1.165) is 5.69 Å². The second kappa shape index (κ2) is 5.48. The van der Waals surface area contributed by atoms with Gasteiger partial charge < -0.3 is 0 Å². The van der Waals surface area contributed by atoms with Crippen molar-refractivity contribution in [3.63, 3.8) is 0 Å². The average molecular weight is 226 g/mol. The molecule has 0 saturated carbocycles. The smallest absolute Gasteiger partial charge is 0.0590 e. The van der Waals surface area contributed by atoms with Crippen LogP contribution in [-0.2, 0) is 0 Å². The van der Waals surface area contributed by atoms with E-state index in [2.05, 4.69) is 48.5 Å². The maximum Gasteiger partial charge on any atom is 0.0590 e. The fourth-order valence-corrected chi connectivity index (χ4v) is 1.81.